The molecular weight excluding hydrogens is 220 g/mol. The lowest BCUT2D eigenvalue weighted by Gasteiger charge is -2.22. The molecule has 3 heteroatoms. The van der Waals surface area contributed by atoms with Crippen molar-refractivity contribution in [1.29, 1.82) is 0 Å². The first-order chi connectivity index (χ1) is 5.70. The van der Waals surface area contributed by atoms with Crippen LogP contribution in [0.25, 0.3) is 0 Å². The van der Waals surface area contributed by atoms with Gasteiger partial charge >= 0.3 is 5.97 Å². The van der Waals surface area contributed by atoms with Gasteiger partial charge < -0.3 is 4.74 Å². The maximum Gasteiger partial charge on any atom is 0.319 e. The third-order valence-electron chi connectivity index (χ3n) is 2.16. The predicted molar refractivity (Wildman–Crippen MR) is 51.4 cm³/mol. The number of carbonyl (C=O) groups excluding carboxylic acids is 1. The molecule has 12 heavy (non-hydrogen) atoms. The zero-order valence-corrected chi connectivity index (χ0v) is 8.97. The van der Waals surface area contributed by atoms with E-state index in [-0.39, 0.29) is 16.9 Å². The van der Waals surface area contributed by atoms with Gasteiger partial charge in [0.05, 0.1) is 0 Å². The SMILES string of the molecule is C[C@@H](Br)C(=O)OC1CCCCC1. The van der Waals surface area contributed by atoms with Gasteiger partial charge in [0.15, 0.2) is 0 Å². The monoisotopic (exact) mass is 234 g/mol. The fraction of sp³-hybridized carbons (Fsp3) is 0.889. The molecule has 1 atom stereocenters. The third-order valence-corrected chi connectivity index (χ3v) is 2.53. The molecule has 1 fully saturated rings. The number of ether oxygens (including phenoxy) is 1. The van der Waals surface area contributed by atoms with Gasteiger partial charge in [-0.2, -0.15) is 0 Å². The summed E-state index contributed by atoms with van der Waals surface area (Å²) in [6, 6.07) is 0. The third kappa shape index (κ3) is 3.13. The van der Waals surface area contributed by atoms with Crippen molar-refractivity contribution < 1.29 is 9.53 Å². The first kappa shape index (κ1) is 10.0. The molecule has 0 aromatic rings. The Labute approximate surface area is 81.8 Å². The molecule has 1 saturated carbocycles. The maximum absolute atomic E-state index is 11.1. The fourth-order valence-electron chi connectivity index (χ4n) is 1.44. The van der Waals surface area contributed by atoms with Crippen LogP contribution in [0.4, 0.5) is 0 Å². The molecule has 2 nitrogen and oxygen atoms in total. The highest BCUT2D eigenvalue weighted by atomic mass is 79.9. The first-order valence-electron chi connectivity index (χ1n) is 4.54. The normalized spacial score (nSPS) is 21.8. The van der Waals surface area contributed by atoms with Crippen molar-refractivity contribution >= 4 is 21.9 Å². The zero-order chi connectivity index (χ0) is 8.97. The van der Waals surface area contributed by atoms with E-state index in [2.05, 4.69) is 15.9 Å². The van der Waals surface area contributed by atoms with Crippen LogP contribution in [-0.4, -0.2) is 16.9 Å². The highest BCUT2D eigenvalue weighted by Crippen LogP contribution is 2.21. The Morgan fingerprint density at radius 3 is 2.50 bits per heavy atom. The predicted octanol–water partition coefficient (Wildman–Crippen LogP) is 2.65. The lowest BCUT2D eigenvalue weighted by atomic mass is 9.98. The van der Waals surface area contributed by atoms with Crippen molar-refractivity contribution in [2.75, 3.05) is 0 Å². The van der Waals surface area contributed by atoms with E-state index in [4.69, 9.17) is 4.74 Å². The van der Waals surface area contributed by atoms with E-state index in [1.165, 1.54) is 19.3 Å². The Bertz CT molecular complexity index is 151. The number of halogens is 1. The fourth-order valence-corrected chi connectivity index (χ4v) is 1.55. The molecule has 0 aromatic heterocycles. The summed E-state index contributed by atoms with van der Waals surface area (Å²) in [6.07, 6.45) is 5.98. The van der Waals surface area contributed by atoms with E-state index in [0.717, 1.165) is 12.8 Å². The Morgan fingerprint density at radius 1 is 1.42 bits per heavy atom. The van der Waals surface area contributed by atoms with Crippen molar-refractivity contribution in [2.45, 2.75) is 50.0 Å². The van der Waals surface area contributed by atoms with Gasteiger partial charge in [-0.25, -0.2) is 0 Å². The molecule has 0 spiro atoms. The van der Waals surface area contributed by atoms with Gasteiger partial charge in [0.1, 0.15) is 10.9 Å². The minimum absolute atomic E-state index is 0.123. The molecule has 0 bridgehead atoms. The van der Waals surface area contributed by atoms with Crippen molar-refractivity contribution in [3.8, 4) is 0 Å². The van der Waals surface area contributed by atoms with Crippen molar-refractivity contribution in [3.05, 3.63) is 0 Å². The molecule has 0 saturated heterocycles. The quantitative estimate of drug-likeness (QED) is 0.543. The highest BCUT2D eigenvalue weighted by Gasteiger charge is 2.19. The lowest BCUT2D eigenvalue weighted by Crippen LogP contribution is -2.24. The van der Waals surface area contributed by atoms with Crippen LogP contribution in [-0.2, 0) is 9.53 Å². The Kier molecular flexibility index (Phi) is 4.06. The Balaban J connectivity index is 2.24. The molecule has 0 aliphatic heterocycles. The van der Waals surface area contributed by atoms with Gasteiger partial charge in [0, 0.05) is 0 Å². The second-order valence-corrected chi connectivity index (χ2v) is 4.69. The van der Waals surface area contributed by atoms with Crippen LogP contribution in [0.15, 0.2) is 0 Å². The topological polar surface area (TPSA) is 26.3 Å². The molecule has 1 aliphatic carbocycles. The smallest absolute Gasteiger partial charge is 0.319 e. The van der Waals surface area contributed by atoms with Crippen LogP contribution in [0.3, 0.4) is 0 Å². The summed E-state index contributed by atoms with van der Waals surface area (Å²) in [5.41, 5.74) is 0. The number of carbonyl (C=O) groups is 1. The van der Waals surface area contributed by atoms with Gasteiger partial charge in [-0.05, 0) is 32.6 Å². The molecule has 1 aliphatic rings. The van der Waals surface area contributed by atoms with Crippen LogP contribution < -0.4 is 0 Å². The second-order valence-electron chi connectivity index (χ2n) is 3.31. The van der Waals surface area contributed by atoms with Gasteiger partial charge in [-0.1, -0.05) is 22.4 Å². The molecule has 1 rings (SSSR count). The van der Waals surface area contributed by atoms with Crippen molar-refractivity contribution in [2.24, 2.45) is 0 Å². The van der Waals surface area contributed by atoms with Gasteiger partial charge in [-0.15, -0.1) is 0 Å². The zero-order valence-electron chi connectivity index (χ0n) is 7.38. The van der Waals surface area contributed by atoms with Crippen LogP contribution in [0, 0.1) is 0 Å². The van der Waals surface area contributed by atoms with E-state index < -0.39 is 0 Å². The second kappa shape index (κ2) is 4.85. The molecule has 70 valence electrons. The standard InChI is InChI=1S/C9H15BrO2/c1-7(10)9(11)12-8-5-3-2-4-6-8/h7-8H,2-6H2,1H3/t7-/m1/s1. The summed E-state index contributed by atoms with van der Waals surface area (Å²) >= 11 is 3.19. The van der Waals surface area contributed by atoms with E-state index in [1.54, 1.807) is 6.92 Å². The summed E-state index contributed by atoms with van der Waals surface area (Å²) in [6.45, 7) is 1.80. The van der Waals surface area contributed by atoms with Crippen LogP contribution >= 0.6 is 15.9 Å². The highest BCUT2D eigenvalue weighted by molar-refractivity contribution is 9.10. The van der Waals surface area contributed by atoms with E-state index >= 15 is 0 Å². The minimum atomic E-state index is -0.167. The number of alkyl halides is 1. The molecule has 0 heterocycles. The molecule has 0 N–H and O–H groups in total. The lowest BCUT2D eigenvalue weighted by molar-refractivity contribution is -0.149. The van der Waals surface area contributed by atoms with Gasteiger partial charge in [-0.3, -0.25) is 4.79 Å². The summed E-state index contributed by atoms with van der Waals surface area (Å²) in [5, 5.41) is 0. The number of hydrogen-bond acceptors (Lipinski definition) is 2. The summed E-state index contributed by atoms with van der Waals surface area (Å²) < 4.78 is 5.27. The van der Waals surface area contributed by atoms with Gasteiger partial charge in [0.2, 0.25) is 0 Å². The molecular formula is C9H15BrO2. The van der Waals surface area contributed by atoms with E-state index in [9.17, 15) is 4.79 Å². The largest absolute Gasteiger partial charge is 0.462 e. The first-order valence-corrected chi connectivity index (χ1v) is 5.46. The van der Waals surface area contributed by atoms with Gasteiger partial charge in [0.25, 0.3) is 0 Å². The van der Waals surface area contributed by atoms with Crippen LogP contribution in [0.1, 0.15) is 39.0 Å². The summed E-state index contributed by atoms with van der Waals surface area (Å²) in [7, 11) is 0. The van der Waals surface area contributed by atoms with Crippen molar-refractivity contribution in [1.82, 2.24) is 0 Å². The number of rotatable bonds is 2. The van der Waals surface area contributed by atoms with Crippen LogP contribution in [0.5, 0.6) is 0 Å². The summed E-state index contributed by atoms with van der Waals surface area (Å²) in [5.74, 6) is -0.123. The molecule has 0 amide bonds. The molecule has 0 radical (unpaired) electrons. The Hall–Kier alpha value is -0.0500. The maximum atomic E-state index is 11.1. The molecule has 0 unspecified atom stereocenters. The summed E-state index contributed by atoms with van der Waals surface area (Å²) in [4.78, 5) is 11.0. The Morgan fingerprint density at radius 2 is 2.00 bits per heavy atom. The average Bonchev–Trinajstić information content (AvgIpc) is 2.06. The number of esters is 1. The van der Waals surface area contributed by atoms with Crippen molar-refractivity contribution in [3.63, 3.8) is 0 Å². The van der Waals surface area contributed by atoms with E-state index in [0.29, 0.717) is 0 Å². The van der Waals surface area contributed by atoms with E-state index in [1.807, 2.05) is 0 Å². The van der Waals surface area contributed by atoms with Crippen LogP contribution in [0.2, 0.25) is 0 Å². The minimum Gasteiger partial charge on any atom is -0.462 e. The number of hydrogen-bond donors (Lipinski definition) is 0. The molecule has 0 aromatic carbocycles. The average molecular weight is 235 g/mol.